The van der Waals surface area contributed by atoms with Crippen molar-refractivity contribution < 1.29 is 13.2 Å². The molecule has 0 radical (unpaired) electrons. The van der Waals surface area contributed by atoms with Crippen molar-refractivity contribution in [1.82, 2.24) is 9.29 Å². The number of hydrogen-bond acceptors (Lipinski definition) is 5. The monoisotopic (exact) mass is 315 g/mol. The van der Waals surface area contributed by atoms with E-state index in [4.69, 9.17) is 22.7 Å². The van der Waals surface area contributed by atoms with Gasteiger partial charge in [0.15, 0.2) is 0 Å². The molecule has 0 spiro atoms. The zero-order valence-electron chi connectivity index (χ0n) is 11.3. The Hall–Kier alpha value is -1.09. The first-order chi connectivity index (χ1) is 9.32. The highest BCUT2D eigenvalue weighted by atomic mass is 32.2. The minimum atomic E-state index is -3.58. The molecule has 1 aliphatic heterocycles. The standard InChI is InChI=1S/C12H17N3O3S2/c1-8-7-18-9(2)6-15(8)20(16,17)10-3-4-11(12(13)19)14-5-10/h3-5,8-9H,6-7H2,1-2H3,(H2,13,19). The van der Waals surface area contributed by atoms with Crippen LogP contribution in [0.4, 0.5) is 0 Å². The summed E-state index contributed by atoms with van der Waals surface area (Å²) in [5.74, 6) is 0. The second kappa shape index (κ2) is 5.72. The van der Waals surface area contributed by atoms with E-state index in [0.29, 0.717) is 18.8 Å². The maximum Gasteiger partial charge on any atom is 0.245 e. The summed E-state index contributed by atoms with van der Waals surface area (Å²) in [7, 11) is -3.58. The Morgan fingerprint density at radius 3 is 2.75 bits per heavy atom. The fourth-order valence-electron chi connectivity index (χ4n) is 2.02. The van der Waals surface area contributed by atoms with Crippen molar-refractivity contribution in [3.8, 4) is 0 Å². The van der Waals surface area contributed by atoms with Gasteiger partial charge in [0.05, 0.1) is 18.4 Å². The van der Waals surface area contributed by atoms with Crippen LogP contribution in [-0.2, 0) is 14.8 Å². The van der Waals surface area contributed by atoms with E-state index >= 15 is 0 Å². The fraction of sp³-hybridized carbons (Fsp3) is 0.500. The largest absolute Gasteiger partial charge is 0.388 e. The molecular formula is C12H17N3O3S2. The number of hydrogen-bond donors (Lipinski definition) is 1. The van der Waals surface area contributed by atoms with Gasteiger partial charge in [-0.05, 0) is 26.0 Å². The Kier molecular flexibility index (Phi) is 4.38. The smallest absolute Gasteiger partial charge is 0.245 e. The van der Waals surface area contributed by atoms with Gasteiger partial charge in [0.25, 0.3) is 0 Å². The molecule has 1 saturated heterocycles. The molecule has 0 saturated carbocycles. The molecular weight excluding hydrogens is 298 g/mol. The summed E-state index contributed by atoms with van der Waals surface area (Å²) in [5.41, 5.74) is 5.85. The molecule has 1 aliphatic rings. The highest BCUT2D eigenvalue weighted by Gasteiger charge is 2.34. The van der Waals surface area contributed by atoms with Gasteiger partial charge in [-0.1, -0.05) is 12.2 Å². The van der Waals surface area contributed by atoms with E-state index in [9.17, 15) is 8.42 Å². The quantitative estimate of drug-likeness (QED) is 0.818. The number of nitrogens with zero attached hydrogens (tertiary/aromatic N) is 2. The number of pyridine rings is 1. The van der Waals surface area contributed by atoms with Crippen LogP contribution in [0.15, 0.2) is 23.2 Å². The molecule has 1 fully saturated rings. The minimum Gasteiger partial charge on any atom is -0.388 e. The molecule has 110 valence electrons. The van der Waals surface area contributed by atoms with Crippen molar-refractivity contribution in [2.75, 3.05) is 13.2 Å². The number of sulfonamides is 1. The second-order valence-electron chi connectivity index (χ2n) is 4.81. The Morgan fingerprint density at radius 1 is 1.50 bits per heavy atom. The van der Waals surface area contributed by atoms with Crippen molar-refractivity contribution in [3.63, 3.8) is 0 Å². The van der Waals surface area contributed by atoms with Crippen LogP contribution in [0.25, 0.3) is 0 Å². The Balaban J connectivity index is 2.31. The molecule has 6 nitrogen and oxygen atoms in total. The number of thiocarbonyl (C=S) groups is 1. The maximum atomic E-state index is 12.6. The predicted molar refractivity (Wildman–Crippen MR) is 78.9 cm³/mol. The van der Waals surface area contributed by atoms with Crippen LogP contribution in [0, 0.1) is 0 Å². The third-order valence-electron chi connectivity index (χ3n) is 3.15. The van der Waals surface area contributed by atoms with E-state index in [1.54, 1.807) is 0 Å². The molecule has 0 amide bonds. The number of aromatic nitrogens is 1. The van der Waals surface area contributed by atoms with Gasteiger partial charge in [0.1, 0.15) is 9.88 Å². The molecule has 20 heavy (non-hydrogen) atoms. The fourth-order valence-corrected chi connectivity index (χ4v) is 3.78. The van der Waals surface area contributed by atoms with E-state index in [1.807, 2.05) is 13.8 Å². The van der Waals surface area contributed by atoms with Crippen molar-refractivity contribution in [2.45, 2.75) is 30.9 Å². The molecule has 2 atom stereocenters. The van der Waals surface area contributed by atoms with Crippen molar-refractivity contribution >= 4 is 27.2 Å². The summed E-state index contributed by atoms with van der Waals surface area (Å²) in [5, 5.41) is 0. The van der Waals surface area contributed by atoms with Crippen LogP contribution in [0.2, 0.25) is 0 Å². The van der Waals surface area contributed by atoms with E-state index in [1.165, 1.54) is 22.6 Å². The van der Waals surface area contributed by atoms with Gasteiger partial charge in [-0.25, -0.2) is 8.42 Å². The van der Waals surface area contributed by atoms with E-state index < -0.39 is 10.0 Å². The lowest BCUT2D eigenvalue weighted by atomic mass is 10.2. The Labute approximate surface area is 124 Å². The minimum absolute atomic E-state index is 0.121. The lowest BCUT2D eigenvalue weighted by Gasteiger charge is -2.35. The molecule has 8 heteroatoms. The van der Waals surface area contributed by atoms with Crippen LogP contribution >= 0.6 is 12.2 Å². The Bertz CT molecular complexity index is 601. The molecule has 0 aromatic carbocycles. The highest BCUT2D eigenvalue weighted by Crippen LogP contribution is 2.22. The van der Waals surface area contributed by atoms with Gasteiger partial charge in [-0.3, -0.25) is 4.98 Å². The first-order valence-corrected chi connectivity index (χ1v) is 8.06. The topological polar surface area (TPSA) is 85.5 Å². The third-order valence-corrected chi connectivity index (χ3v) is 5.32. The second-order valence-corrected chi connectivity index (χ2v) is 7.14. The van der Waals surface area contributed by atoms with Crippen LogP contribution < -0.4 is 5.73 Å². The van der Waals surface area contributed by atoms with Gasteiger partial charge < -0.3 is 10.5 Å². The lowest BCUT2D eigenvalue weighted by Crippen LogP contribution is -2.50. The molecule has 0 aliphatic carbocycles. The average Bonchev–Trinajstić information content (AvgIpc) is 2.41. The molecule has 2 rings (SSSR count). The van der Waals surface area contributed by atoms with Gasteiger partial charge in [0, 0.05) is 18.8 Å². The molecule has 1 aromatic heterocycles. The first-order valence-electron chi connectivity index (χ1n) is 6.21. The van der Waals surface area contributed by atoms with E-state index in [-0.39, 0.29) is 22.0 Å². The lowest BCUT2D eigenvalue weighted by molar-refractivity contribution is -0.0170. The van der Waals surface area contributed by atoms with E-state index in [0.717, 1.165) is 0 Å². The molecule has 2 N–H and O–H groups in total. The molecule has 1 aromatic rings. The average molecular weight is 315 g/mol. The van der Waals surface area contributed by atoms with E-state index in [2.05, 4.69) is 4.98 Å². The summed E-state index contributed by atoms with van der Waals surface area (Å²) in [6.07, 6.45) is 1.17. The Morgan fingerprint density at radius 2 is 2.20 bits per heavy atom. The normalized spacial score (nSPS) is 24.5. The van der Waals surface area contributed by atoms with Crippen molar-refractivity contribution in [3.05, 3.63) is 24.0 Å². The van der Waals surface area contributed by atoms with Crippen LogP contribution in [0.5, 0.6) is 0 Å². The maximum absolute atomic E-state index is 12.6. The van der Waals surface area contributed by atoms with Gasteiger partial charge in [0.2, 0.25) is 10.0 Å². The summed E-state index contributed by atoms with van der Waals surface area (Å²) in [6, 6.07) is 2.79. The van der Waals surface area contributed by atoms with Crippen molar-refractivity contribution in [2.24, 2.45) is 5.73 Å². The summed E-state index contributed by atoms with van der Waals surface area (Å²) < 4.78 is 32.1. The molecule has 2 heterocycles. The van der Waals surface area contributed by atoms with Gasteiger partial charge in [-0.15, -0.1) is 0 Å². The van der Waals surface area contributed by atoms with Crippen LogP contribution in [-0.4, -0.2) is 48.0 Å². The van der Waals surface area contributed by atoms with Crippen LogP contribution in [0.1, 0.15) is 19.5 Å². The highest BCUT2D eigenvalue weighted by molar-refractivity contribution is 7.89. The zero-order chi connectivity index (χ0) is 14.9. The molecule has 0 bridgehead atoms. The number of morpholine rings is 1. The number of ether oxygens (including phenoxy) is 1. The number of nitrogens with two attached hydrogens (primary N) is 1. The number of rotatable bonds is 3. The summed E-state index contributed by atoms with van der Waals surface area (Å²) in [4.78, 5) is 4.26. The predicted octanol–water partition coefficient (Wildman–Crippen LogP) is 0.514. The van der Waals surface area contributed by atoms with Gasteiger partial charge >= 0.3 is 0 Å². The SMILES string of the molecule is CC1CN(S(=O)(=O)c2ccc(C(N)=S)nc2)C(C)CO1. The zero-order valence-corrected chi connectivity index (χ0v) is 12.9. The molecule has 2 unspecified atom stereocenters. The van der Waals surface area contributed by atoms with Crippen molar-refractivity contribution in [1.29, 1.82) is 0 Å². The first kappa shape index (κ1) is 15.3. The van der Waals surface area contributed by atoms with Gasteiger partial charge in [-0.2, -0.15) is 4.31 Å². The van der Waals surface area contributed by atoms with Crippen LogP contribution in [0.3, 0.4) is 0 Å². The summed E-state index contributed by atoms with van der Waals surface area (Å²) in [6.45, 7) is 4.39. The third kappa shape index (κ3) is 2.98. The summed E-state index contributed by atoms with van der Waals surface area (Å²) >= 11 is 4.80.